The van der Waals surface area contributed by atoms with Crippen molar-refractivity contribution in [3.05, 3.63) is 76.9 Å². The van der Waals surface area contributed by atoms with Gasteiger partial charge in [-0.3, -0.25) is 10.1 Å². The van der Waals surface area contributed by atoms with Gasteiger partial charge in [0.25, 0.3) is 15.7 Å². The maximum Gasteiger partial charge on any atom is 0.284 e. The molecule has 0 heterocycles. The molecule has 0 aromatic heterocycles. The Bertz CT molecular complexity index is 880. The molecular weight excluding hydrogens is 360 g/mol. The molecule has 2 aromatic rings. The number of aryl methyl sites for hydroxylation is 1. The lowest BCUT2D eigenvalue weighted by Gasteiger charge is -2.25. The van der Waals surface area contributed by atoms with Crippen molar-refractivity contribution in [1.29, 1.82) is 0 Å². The van der Waals surface area contributed by atoms with E-state index in [4.69, 9.17) is 0 Å². The fraction of sp³-hybridized carbons (Fsp3) is 0.176. The standard InChI is InChI=1S/C17H18N2O4S2/c1-4-14(3)19(24-17-8-6-5-7-16(17)18(20)21)25(22,23)15-11-9-13(2)10-12-15/h4-12,14H,1H2,2-3H3. The van der Waals surface area contributed by atoms with E-state index in [0.29, 0.717) is 0 Å². The Balaban J connectivity index is 2.49. The molecule has 0 amide bonds. The van der Waals surface area contributed by atoms with Gasteiger partial charge in [0.2, 0.25) is 0 Å². The Kier molecular flexibility index (Phi) is 5.99. The van der Waals surface area contributed by atoms with Gasteiger partial charge in [0, 0.05) is 6.07 Å². The third-order valence-electron chi connectivity index (χ3n) is 3.48. The van der Waals surface area contributed by atoms with Crippen molar-refractivity contribution in [3.8, 4) is 0 Å². The number of para-hydroxylation sites is 1. The molecule has 0 aliphatic heterocycles. The van der Waals surface area contributed by atoms with E-state index in [1.807, 2.05) is 6.92 Å². The van der Waals surface area contributed by atoms with Gasteiger partial charge in [0.1, 0.15) is 4.90 Å². The zero-order chi connectivity index (χ0) is 18.6. The van der Waals surface area contributed by atoms with Crippen LogP contribution < -0.4 is 0 Å². The minimum absolute atomic E-state index is 0.123. The van der Waals surface area contributed by atoms with Gasteiger partial charge >= 0.3 is 0 Å². The van der Waals surface area contributed by atoms with Crippen LogP contribution >= 0.6 is 11.9 Å². The molecule has 2 rings (SSSR count). The van der Waals surface area contributed by atoms with E-state index in [0.717, 1.165) is 21.2 Å². The van der Waals surface area contributed by atoms with E-state index in [1.54, 1.807) is 25.1 Å². The molecule has 132 valence electrons. The van der Waals surface area contributed by atoms with E-state index in [9.17, 15) is 18.5 Å². The van der Waals surface area contributed by atoms with Crippen LogP contribution in [0, 0.1) is 17.0 Å². The molecule has 6 nitrogen and oxygen atoms in total. The van der Waals surface area contributed by atoms with Crippen molar-refractivity contribution in [3.63, 3.8) is 0 Å². The summed E-state index contributed by atoms with van der Waals surface area (Å²) in [4.78, 5) is 11.0. The van der Waals surface area contributed by atoms with Crippen LogP contribution in [-0.2, 0) is 10.0 Å². The average molecular weight is 378 g/mol. The Morgan fingerprint density at radius 2 is 1.80 bits per heavy atom. The highest BCUT2D eigenvalue weighted by Gasteiger charge is 2.31. The first-order valence-corrected chi connectivity index (χ1v) is 9.63. The Labute approximate surface area is 151 Å². The molecule has 8 heteroatoms. The van der Waals surface area contributed by atoms with E-state index < -0.39 is 21.0 Å². The lowest BCUT2D eigenvalue weighted by molar-refractivity contribution is -0.387. The molecule has 1 unspecified atom stereocenters. The van der Waals surface area contributed by atoms with Gasteiger partial charge in [-0.1, -0.05) is 35.9 Å². The van der Waals surface area contributed by atoms with Gasteiger partial charge in [-0.25, -0.2) is 8.42 Å². The first-order valence-electron chi connectivity index (χ1n) is 7.42. The highest BCUT2D eigenvalue weighted by molar-refractivity contribution is 8.08. The molecule has 0 spiro atoms. The molecule has 0 aliphatic carbocycles. The summed E-state index contributed by atoms with van der Waals surface area (Å²) in [6, 6.07) is 11.9. The maximum absolute atomic E-state index is 13.0. The number of nitro benzene ring substituents is 1. The first-order chi connectivity index (χ1) is 11.8. The van der Waals surface area contributed by atoms with Crippen LogP contribution in [0.4, 0.5) is 5.69 Å². The summed E-state index contributed by atoms with van der Waals surface area (Å²) in [5.74, 6) is 0. The van der Waals surface area contributed by atoms with E-state index in [-0.39, 0.29) is 15.5 Å². The van der Waals surface area contributed by atoms with Crippen molar-refractivity contribution in [1.82, 2.24) is 3.71 Å². The number of benzene rings is 2. The second kappa shape index (κ2) is 7.81. The zero-order valence-electron chi connectivity index (χ0n) is 13.8. The molecule has 25 heavy (non-hydrogen) atoms. The summed E-state index contributed by atoms with van der Waals surface area (Å²) in [6.07, 6.45) is 1.48. The predicted octanol–water partition coefficient (Wildman–Crippen LogP) is 4.18. The lowest BCUT2D eigenvalue weighted by Crippen LogP contribution is -2.31. The topological polar surface area (TPSA) is 80.5 Å². The van der Waals surface area contributed by atoms with Gasteiger partial charge in [-0.2, -0.15) is 0 Å². The third-order valence-corrected chi connectivity index (χ3v) is 7.02. The quantitative estimate of drug-likeness (QED) is 0.312. The van der Waals surface area contributed by atoms with Gasteiger partial charge in [-0.15, -0.1) is 10.3 Å². The Morgan fingerprint density at radius 1 is 1.20 bits per heavy atom. The van der Waals surface area contributed by atoms with Gasteiger partial charge in [0.05, 0.1) is 15.9 Å². The molecule has 0 saturated heterocycles. The molecule has 1 atom stereocenters. The average Bonchev–Trinajstić information content (AvgIpc) is 2.59. The van der Waals surface area contributed by atoms with Crippen molar-refractivity contribution in [2.24, 2.45) is 0 Å². The van der Waals surface area contributed by atoms with E-state index >= 15 is 0 Å². The van der Waals surface area contributed by atoms with Crippen LogP contribution in [0.3, 0.4) is 0 Å². The largest absolute Gasteiger partial charge is 0.284 e. The molecule has 2 aromatic carbocycles. The monoisotopic (exact) mass is 378 g/mol. The molecule has 0 aliphatic rings. The van der Waals surface area contributed by atoms with Crippen molar-refractivity contribution >= 4 is 27.7 Å². The number of sulfonamides is 1. The number of hydrogen-bond donors (Lipinski definition) is 0. The molecule has 0 radical (unpaired) electrons. The predicted molar refractivity (Wildman–Crippen MR) is 98.8 cm³/mol. The number of hydrogen-bond acceptors (Lipinski definition) is 5. The van der Waals surface area contributed by atoms with E-state index in [1.165, 1.54) is 36.4 Å². The Morgan fingerprint density at radius 3 is 2.36 bits per heavy atom. The highest BCUT2D eigenvalue weighted by atomic mass is 32.3. The normalized spacial score (nSPS) is 12.8. The second-order valence-corrected chi connectivity index (χ2v) is 8.43. The molecular formula is C17H18N2O4S2. The number of rotatable bonds is 7. The van der Waals surface area contributed by atoms with Crippen LogP contribution in [-0.4, -0.2) is 23.1 Å². The molecule has 0 fully saturated rings. The highest BCUT2D eigenvalue weighted by Crippen LogP contribution is 2.36. The Hall–Kier alpha value is -2.16. The molecule has 0 saturated carbocycles. The summed E-state index contributed by atoms with van der Waals surface area (Å²) in [5.41, 5.74) is 0.793. The van der Waals surface area contributed by atoms with Crippen molar-refractivity contribution in [2.75, 3.05) is 0 Å². The summed E-state index contributed by atoms with van der Waals surface area (Å²) >= 11 is 0.815. The number of nitro groups is 1. The summed E-state index contributed by atoms with van der Waals surface area (Å²) in [7, 11) is -3.87. The molecule has 0 N–H and O–H groups in total. The zero-order valence-corrected chi connectivity index (χ0v) is 15.5. The summed E-state index contributed by atoms with van der Waals surface area (Å²) in [6.45, 7) is 7.18. The van der Waals surface area contributed by atoms with Crippen LogP contribution in [0.2, 0.25) is 0 Å². The number of nitrogens with zero attached hydrogens (tertiary/aromatic N) is 2. The summed E-state index contributed by atoms with van der Waals surface area (Å²) < 4.78 is 27.2. The lowest BCUT2D eigenvalue weighted by atomic mass is 10.2. The van der Waals surface area contributed by atoms with Gasteiger partial charge < -0.3 is 0 Å². The van der Waals surface area contributed by atoms with Crippen molar-refractivity contribution in [2.45, 2.75) is 29.7 Å². The molecule has 0 bridgehead atoms. The van der Waals surface area contributed by atoms with Crippen LogP contribution in [0.1, 0.15) is 12.5 Å². The van der Waals surface area contributed by atoms with Gasteiger partial charge in [-0.05, 0) is 44.0 Å². The van der Waals surface area contributed by atoms with Gasteiger partial charge in [0.15, 0.2) is 0 Å². The summed E-state index contributed by atoms with van der Waals surface area (Å²) in [5, 5.41) is 11.2. The third kappa shape index (κ3) is 4.28. The minimum Gasteiger partial charge on any atom is -0.258 e. The van der Waals surface area contributed by atoms with Crippen LogP contribution in [0.25, 0.3) is 0 Å². The fourth-order valence-corrected chi connectivity index (χ4v) is 4.96. The van der Waals surface area contributed by atoms with Crippen LogP contribution in [0.15, 0.2) is 71.0 Å². The second-order valence-electron chi connectivity index (χ2n) is 5.37. The first kappa shape index (κ1) is 19.2. The van der Waals surface area contributed by atoms with Crippen molar-refractivity contribution < 1.29 is 13.3 Å². The minimum atomic E-state index is -3.87. The smallest absolute Gasteiger partial charge is 0.258 e. The van der Waals surface area contributed by atoms with Crippen LogP contribution in [0.5, 0.6) is 0 Å². The SMILES string of the molecule is C=CC(C)N(Sc1ccccc1[N+](=O)[O-])S(=O)(=O)c1ccc(C)cc1. The fourth-order valence-electron chi connectivity index (χ4n) is 2.03. The maximum atomic E-state index is 13.0. The van der Waals surface area contributed by atoms with E-state index in [2.05, 4.69) is 6.58 Å².